The molecule has 0 bridgehead atoms. The van der Waals surface area contributed by atoms with E-state index < -0.39 is 27.5 Å². The third-order valence-corrected chi connectivity index (χ3v) is 7.26. The maximum absolute atomic E-state index is 13.3. The molecular formula is C29H21F3N2O3S. The lowest BCUT2D eigenvalue weighted by molar-refractivity contribution is -0.137. The summed E-state index contributed by atoms with van der Waals surface area (Å²) < 4.78 is 63.5. The second kappa shape index (κ2) is 9.50. The van der Waals surface area contributed by atoms with Crippen LogP contribution in [-0.2, 0) is 16.0 Å². The number of anilines is 1. The van der Waals surface area contributed by atoms with Crippen LogP contribution >= 0.6 is 0 Å². The lowest BCUT2D eigenvalue weighted by Gasteiger charge is -2.14. The summed E-state index contributed by atoms with van der Waals surface area (Å²) in [7, 11) is -3.63. The second-order valence-electron chi connectivity index (χ2n) is 8.86. The summed E-state index contributed by atoms with van der Waals surface area (Å²) in [5, 5.41) is 3.87. The summed E-state index contributed by atoms with van der Waals surface area (Å²) in [4.78, 5) is 16.6. The van der Waals surface area contributed by atoms with Gasteiger partial charge in [0, 0.05) is 39.7 Å². The van der Waals surface area contributed by atoms with Gasteiger partial charge in [0.1, 0.15) is 0 Å². The molecule has 0 radical (unpaired) electrons. The van der Waals surface area contributed by atoms with Gasteiger partial charge in [-0.05, 0) is 65.7 Å². The Labute approximate surface area is 216 Å². The first kappa shape index (κ1) is 25.3. The van der Waals surface area contributed by atoms with Crippen molar-refractivity contribution in [2.45, 2.75) is 11.1 Å². The van der Waals surface area contributed by atoms with E-state index in [0.717, 1.165) is 40.5 Å². The van der Waals surface area contributed by atoms with Crippen LogP contribution in [0.3, 0.4) is 0 Å². The fourth-order valence-electron chi connectivity index (χ4n) is 4.22. The first-order chi connectivity index (χ1) is 18.0. The molecule has 4 aromatic carbocycles. The zero-order chi connectivity index (χ0) is 27.1. The van der Waals surface area contributed by atoms with Crippen molar-refractivity contribution in [2.75, 3.05) is 11.6 Å². The average molecular weight is 535 g/mol. The molecule has 0 fully saturated rings. The van der Waals surface area contributed by atoms with Crippen molar-refractivity contribution in [3.05, 3.63) is 108 Å². The van der Waals surface area contributed by atoms with E-state index in [-0.39, 0.29) is 21.6 Å². The Morgan fingerprint density at radius 1 is 0.816 bits per heavy atom. The lowest BCUT2D eigenvalue weighted by Crippen LogP contribution is -2.14. The quantitative estimate of drug-likeness (QED) is 0.251. The molecule has 0 saturated heterocycles. The third-order valence-electron chi connectivity index (χ3n) is 6.15. The van der Waals surface area contributed by atoms with E-state index in [0.29, 0.717) is 5.69 Å². The van der Waals surface area contributed by atoms with Gasteiger partial charge in [0.2, 0.25) is 0 Å². The fraction of sp³-hybridized carbons (Fsp3) is 0.0690. The number of carbonyl (C=O) groups excluding carboxylic acids is 1. The van der Waals surface area contributed by atoms with Crippen LogP contribution in [0.2, 0.25) is 0 Å². The number of alkyl halides is 3. The molecule has 5 rings (SSSR count). The maximum atomic E-state index is 13.3. The SMILES string of the molecule is CS(=O)(=O)c1ccc(C(=O)Nc2cccc(-c3cc4ccccc4[nH]3)c2)c(-c2ccc(C(F)(F)F)cc2)c1. The van der Waals surface area contributed by atoms with Crippen molar-refractivity contribution >= 4 is 32.3 Å². The minimum atomic E-state index is -4.52. The summed E-state index contributed by atoms with van der Waals surface area (Å²) in [5.41, 5.74) is 2.93. The molecule has 5 nitrogen and oxygen atoms in total. The first-order valence-electron chi connectivity index (χ1n) is 11.5. The Morgan fingerprint density at radius 3 is 2.24 bits per heavy atom. The van der Waals surface area contributed by atoms with E-state index in [4.69, 9.17) is 0 Å². The monoisotopic (exact) mass is 534 g/mol. The number of H-pyrrole nitrogens is 1. The normalized spacial score (nSPS) is 12.0. The number of hydrogen-bond acceptors (Lipinski definition) is 3. The van der Waals surface area contributed by atoms with Crippen molar-refractivity contribution in [3.8, 4) is 22.4 Å². The minimum Gasteiger partial charge on any atom is -0.355 e. The molecule has 0 unspecified atom stereocenters. The van der Waals surface area contributed by atoms with Crippen LogP contribution in [0.25, 0.3) is 33.3 Å². The smallest absolute Gasteiger partial charge is 0.355 e. The molecule has 192 valence electrons. The highest BCUT2D eigenvalue weighted by Crippen LogP contribution is 2.33. The number of aromatic amines is 1. The first-order valence-corrected chi connectivity index (χ1v) is 13.4. The minimum absolute atomic E-state index is 0.0512. The highest BCUT2D eigenvalue weighted by atomic mass is 32.2. The van der Waals surface area contributed by atoms with Crippen molar-refractivity contribution in [1.29, 1.82) is 0 Å². The van der Waals surface area contributed by atoms with Gasteiger partial charge in [-0.1, -0.05) is 42.5 Å². The molecular weight excluding hydrogens is 513 g/mol. The molecule has 0 spiro atoms. The Morgan fingerprint density at radius 2 is 1.55 bits per heavy atom. The summed E-state index contributed by atoms with van der Waals surface area (Å²) >= 11 is 0. The standard InChI is InChI=1S/C29H21F3N2O3S/c1-38(36,37)23-13-14-24(25(17-23)18-9-11-21(12-10-18)29(30,31)32)28(35)33-22-7-4-6-19(15-22)27-16-20-5-2-3-8-26(20)34-27/h2-17,34H,1H3,(H,33,35). The van der Waals surface area contributed by atoms with Crippen molar-refractivity contribution in [1.82, 2.24) is 4.98 Å². The van der Waals surface area contributed by atoms with E-state index in [1.54, 1.807) is 18.2 Å². The molecule has 1 amide bonds. The molecule has 0 aliphatic heterocycles. The van der Waals surface area contributed by atoms with E-state index >= 15 is 0 Å². The van der Waals surface area contributed by atoms with Crippen LogP contribution in [0.4, 0.5) is 18.9 Å². The van der Waals surface area contributed by atoms with Crippen LogP contribution in [-0.4, -0.2) is 25.6 Å². The molecule has 38 heavy (non-hydrogen) atoms. The predicted molar refractivity (Wildman–Crippen MR) is 142 cm³/mol. The van der Waals surface area contributed by atoms with Gasteiger partial charge in [0.25, 0.3) is 5.91 Å². The summed E-state index contributed by atoms with van der Waals surface area (Å²) in [6, 6.07) is 25.2. The molecule has 0 atom stereocenters. The van der Waals surface area contributed by atoms with Gasteiger partial charge in [-0.15, -0.1) is 0 Å². The molecule has 1 heterocycles. The molecule has 0 aliphatic carbocycles. The average Bonchev–Trinajstić information content (AvgIpc) is 3.32. The number of sulfone groups is 1. The molecule has 9 heteroatoms. The topological polar surface area (TPSA) is 79.0 Å². The predicted octanol–water partition coefficient (Wildman–Crippen LogP) is 7.18. The van der Waals surface area contributed by atoms with Gasteiger partial charge in [-0.25, -0.2) is 8.42 Å². The van der Waals surface area contributed by atoms with Gasteiger partial charge < -0.3 is 10.3 Å². The summed E-state index contributed by atoms with van der Waals surface area (Å²) in [6.45, 7) is 0. The van der Waals surface area contributed by atoms with Gasteiger partial charge in [-0.2, -0.15) is 13.2 Å². The van der Waals surface area contributed by atoms with Gasteiger partial charge in [0.05, 0.1) is 10.5 Å². The number of halogens is 3. The highest BCUT2D eigenvalue weighted by Gasteiger charge is 2.30. The van der Waals surface area contributed by atoms with Gasteiger partial charge in [0.15, 0.2) is 9.84 Å². The van der Waals surface area contributed by atoms with Crippen LogP contribution in [0, 0.1) is 0 Å². The summed E-state index contributed by atoms with van der Waals surface area (Å²) in [5.74, 6) is -0.534. The Bertz CT molecular complexity index is 1740. The second-order valence-corrected chi connectivity index (χ2v) is 10.9. The zero-order valence-corrected chi connectivity index (χ0v) is 20.8. The molecule has 2 N–H and O–H groups in total. The van der Waals surface area contributed by atoms with Gasteiger partial charge >= 0.3 is 6.18 Å². The third kappa shape index (κ3) is 5.19. The van der Waals surface area contributed by atoms with Crippen LogP contribution < -0.4 is 5.32 Å². The molecule has 0 aliphatic rings. The van der Waals surface area contributed by atoms with Crippen LogP contribution in [0.1, 0.15) is 15.9 Å². The van der Waals surface area contributed by atoms with Crippen LogP contribution in [0.5, 0.6) is 0 Å². The van der Waals surface area contributed by atoms with Crippen molar-refractivity contribution in [2.24, 2.45) is 0 Å². The van der Waals surface area contributed by atoms with Gasteiger partial charge in [-0.3, -0.25) is 4.79 Å². The number of benzene rings is 4. The molecule has 0 saturated carbocycles. The number of para-hydroxylation sites is 1. The van der Waals surface area contributed by atoms with Crippen LogP contribution in [0.15, 0.2) is 102 Å². The van der Waals surface area contributed by atoms with E-state index in [1.807, 2.05) is 36.4 Å². The number of hydrogen-bond donors (Lipinski definition) is 2. The lowest BCUT2D eigenvalue weighted by atomic mass is 9.98. The van der Waals surface area contributed by atoms with Crippen molar-refractivity contribution < 1.29 is 26.4 Å². The number of carbonyl (C=O) groups is 1. The summed E-state index contributed by atoms with van der Waals surface area (Å²) in [6.07, 6.45) is -3.50. The van der Waals surface area contributed by atoms with E-state index in [9.17, 15) is 26.4 Å². The maximum Gasteiger partial charge on any atom is 0.416 e. The molecule has 1 aromatic heterocycles. The number of aromatic nitrogens is 1. The Kier molecular flexibility index (Phi) is 6.32. The Hall–Kier alpha value is -4.37. The fourth-order valence-corrected chi connectivity index (χ4v) is 4.87. The Balaban J connectivity index is 1.50. The number of rotatable bonds is 5. The van der Waals surface area contributed by atoms with E-state index in [2.05, 4.69) is 10.3 Å². The van der Waals surface area contributed by atoms with Crippen molar-refractivity contribution in [3.63, 3.8) is 0 Å². The molecule has 5 aromatic rings. The highest BCUT2D eigenvalue weighted by molar-refractivity contribution is 7.90. The number of amides is 1. The number of nitrogens with one attached hydrogen (secondary N) is 2. The largest absolute Gasteiger partial charge is 0.416 e. The number of fused-ring (bicyclic) bond motifs is 1. The van der Waals surface area contributed by atoms with E-state index in [1.165, 1.54) is 30.3 Å². The zero-order valence-electron chi connectivity index (χ0n) is 20.0.